The molecule has 0 spiro atoms. The first-order chi connectivity index (χ1) is 21.4. The number of nitrogens with one attached hydrogen (secondary N) is 2. The number of hydrogen-bond acceptors (Lipinski definition) is 8. The maximum absolute atomic E-state index is 15.3. The lowest BCUT2D eigenvalue weighted by Gasteiger charge is -2.23. The van der Waals surface area contributed by atoms with E-state index in [1.165, 1.54) is 42.6 Å². The van der Waals surface area contributed by atoms with Gasteiger partial charge in [0.15, 0.2) is 23.1 Å². The number of nitrogens with zero attached hydrogens (tertiary/aromatic N) is 2. The number of rotatable bonds is 10. The number of carbonyl (C=O) groups is 2. The summed E-state index contributed by atoms with van der Waals surface area (Å²) in [5, 5.41) is 14.5. The van der Waals surface area contributed by atoms with Crippen molar-refractivity contribution >= 4 is 34.1 Å². The minimum atomic E-state index is -1.30. The summed E-state index contributed by atoms with van der Waals surface area (Å²) < 4.78 is 52.0. The number of carbonyl (C=O) groups excluding carboxylic acids is 2. The third-order valence-corrected chi connectivity index (χ3v) is 7.26. The highest BCUT2D eigenvalue weighted by Crippen LogP contribution is 2.49. The van der Waals surface area contributed by atoms with Crippen molar-refractivity contribution in [1.82, 2.24) is 4.98 Å². The summed E-state index contributed by atoms with van der Waals surface area (Å²) in [5.41, 5.74) is -0.313. The van der Waals surface area contributed by atoms with Crippen LogP contribution in [-0.4, -0.2) is 36.6 Å². The van der Waals surface area contributed by atoms with Gasteiger partial charge < -0.3 is 29.6 Å². The van der Waals surface area contributed by atoms with Gasteiger partial charge in [-0.3, -0.25) is 14.6 Å². The van der Waals surface area contributed by atoms with Crippen LogP contribution < -0.4 is 29.6 Å². The van der Waals surface area contributed by atoms with Gasteiger partial charge in [-0.1, -0.05) is 0 Å². The molecule has 6 rings (SSSR count). The first-order valence-electron chi connectivity index (χ1n) is 13.9. The van der Waals surface area contributed by atoms with Crippen LogP contribution in [0.1, 0.15) is 25.7 Å². The number of amides is 2. The zero-order chi connectivity index (χ0) is 30.7. The zero-order valence-corrected chi connectivity index (χ0v) is 23.3. The number of fused-ring (bicyclic) bond motifs is 3. The topological polar surface area (TPSA) is 132 Å². The second kappa shape index (κ2) is 12.0. The molecule has 2 aliphatic rings. The number of anilines is 2. The molecule has 2 amide bonds. The van der Waals surface area contributed by atoms with Crippen molar-refractivity contribution < 1.29 is 37.3 Å². The first-order valence-corrected chi connectivity index (χ1v) is 13.9. The van der Waals surface area contributed by atoms with Crippen LogP contribution in [0.2, 0.25) is 0 Å². The quantitative estimate of drug-likeness (QED) is 0.165. The van der Waals surface area contributed by atoms with Crippen LogP contribution in [0, 0.1) is 28.4 Å². The summed E-state index contributed by atoms with van der Waals surface area (Å²) in [6.07, 6.45) is 3.05. The highest BCUT2D eigenvalue weighted by atomic mass is 19.1. The standard InChI is InChI=1S/C32H26F2N4O6/c33-19-3-5-20(6-4-19)37-30(39)32(10-11-32)31(40)38-21-7-8-24(22(34)17-21)44-25-9-13-36-23-18-26(41-14-2-1-12-35)28-29(27(23)25)43-16-15-42-28/h3-9,13,17-18H,1-2,10-11,14-16H2,(H,37,39)(H,38,40). The highest BCUT2D eigenvalue weighted by Gasteiger charge is 2.56. The van der Waals surface area contributed by atoms with Gasteiger partial charge in [0.05, 0.1) is 23.6 Å². The Balaban J connectivity index is 1.19. The van der Waals surface area contributed by atoms with Gasteiger partial charge in [-0.2, -0.15) is 5.26 Å². The van der Waals surface area contributed by atoms with E-state index in [1.54, 1.807) is 12.1 Å². The van der Waals surface area contributed by atoms with Gasteiger partial charge in [0, 0.05) is 36.1 Å². The van der Waals surface area contributed by atoms with Crippen molar-refractivity contribution in [3.05, 3.63) is 72.4 Å². The molecule has 0 atom stereocenters. The van der Waals surface area contributed by atoms with E-state index in [1.807, 2.05) is 0 Å². The average Bonchev–Trinajstić information content (AvgIpc) is 3.84. The Hall–Kier alpha value is -5.44. The molecule has 0 saturated heterocycles. The van der Waals surface area contributed by atoms with E-state index in [2.05, 4.69) is 21.7 Å². The number of nitriles is 1. The number of halogens is 2. The maximum atomic E-state index is 15.3. The zero-order valence-electron chi connectivity index (χ0n) is 23.3. The molecular formula is C32H26F2N4O6. The van der Waals surface area contributed by atoms with Crippen LogP contribution in [-0.2, 0) is 9.59 Å². The third-order valence-electron chi connectivity index (χ3n) is 7.26. The highest BCUT2D eigenvalue weighted by molar-refractivity contribution is 6.16. The molecule has 0 radical (unpaired) electrons. The fourth-order valence-electron chi connectivity index (χ4n) is 4.80. The lowest BCUT2D eigenvalue weighted by atomic mass is 10.0. The van der Waals surface area contributed by atoms with E-state index in [0.717, 1.165) is 6.07 Å². The summed E-state index contributed by atoms with van der Waals surface area (Å²) in [5.74, 6) is -1.00. The van der Waals surface area contributed by atoms with E-state index in [4.69, 9.17) is 24.2 Å². The molecule has 2 N–H and O–H groups in total. The molecule has 1 aliphatic carbocycles. The molecular weight excluding hydrogens is 574 g/mol. The lowest BCUT2D eigenvalue weighted by Crippen LogP contribution is -2.35. The third kappa shape index (κ3) is 5.76. The molecule has 4 aromatic rings. The maximum Gasteiger partial charge on any atom is 0.240 e. The molecule has 12 heteroatoms. The van der Waals surface area contributed by atoms with Gasteiger partial charge in [0.1, 0.15) is 30.2 Å². The second-order valence-electron chi connectivity index (χ2n) is 10.3. The Kier molecular flexibility index (Phi) is 7.85. The molecule has 3 aromatic carbocycles. The van der Waals surface area contributed by atoms with Crippen molar-refractivity contribution in [1.29, 1.82) is 5.26 Å². The van der Waals surface area contributed by atoms with E-state index < -0.39 is 28.9 Å². The molecule has 1 aromatic heterocycles. The van der Waals surface area contributed by atoms with Crippen molar-refractivity contribution in [3.63, 3.8) is 0 Å². The fraction of sp³-hybridized carbons (Fsp3) is 0.250. The monoisotopic (exact) mass is 600 g/mol. The lowest BCUT2D eigenvalue weighted by molar-refractivity contribution is -0.131. The molecule has 2 heterocycles. The Morgan fingerprint density at radius 3 is 2.32 bits per heavy atom. The smallest absolute Gasteiger partial charge is 0.240 e. The SMILES string of the molecule is N#CCCCOc1cc2nccc(Oc3ccc(NC(=O)C4(C(=O)Nc5ccc(F)cc5)CC4)cc3F)c2c2c1OCCO2. The molecule has 10 nitrogen and oxygen atoms in total. The van der Waals surface area contributed by atoms with E-state index in [0.29, 0.717) is 72.7 Å². The molecule has 1 saturated carbocycles. The summed E-state index contributed by atoms with van der Waals surface area (Å²) in [6.45, 7) is 0.889. The minimum Gasteiger partial charge on any atom is -0.489 e. The number of pyridine rings is 1. The van der Waals surface area contributed by atoms with Crippen molar-refractivity contribution in [2.75, 3.05) is 30.5 Å². The van der Waals surface area contributed by atoms with E-state index >= 15 is 4.39 Å². The minimum absolute atomic E-state index is 0.118. The second-order valence-corrected chi connectivity index (χ2v) is 10.3. The molecule has 1 fully saturated rings. The number of aromatic nitrogens is 1. The first kappa shape index (κ1) is 28.7. The predicted octanol–water partition coefficient (Wildman–Crippen LogP) is 6.12. The Labute approximate surface area is 250 Å². The van der Waals surface area contributed by atoms with Crippen LogP contribution in [0.4, 0.5) is 20.2 Å². The predicted molar refractivity (Wildman–Crippen MR) is 155 cm³/mol. The molecule has 1 aliphatic heterocycles. The summed E-state index contributed by atoms with van der Waals surface area (Å²) in [7, 11) is 0. The fourth-order valence-corrected chi connectivity index (χ4v) is 4.80. The van der Waals surface area contributed by atoms with Crippen molar-refractivity contribution in [2.45, 2.75) is 25.7 Å². The van der Waals surface area contributed by atoms with Crippen LogP contribution in [0.3, 0.4) is 0 Å². The summed E-state index contributed by atoms with van der Waals surface area (Å²) in [4.78, 5) is 30.3. The molecule has 0 unspecified atom stereocenters. The van der Waals surface area contributed by atoms with Gasteiger partial charge in [-0.05, 0) is 61.7 Å². The van der Waals surface area contributed by atoms with Crippen LogP contribution in [0.15, 0.2) is 60.8 Å². The Morgan fingerprint density at radius 2 is 1.61 bits per heavy atom. The van der Waals surface area contributed by atoms with Crippen LogP contribution >= 0.6 is 0 Å². The number of unbranched alkanes of at least 4 members (excludes halogenated alkanes) is 1. The molecule has 0 bridgehead atoms. The van der Waals surface area contributed by atoms with Crippen molar-refractivity contribution in [2.24, 2.45) is 5.41 Å². The van der Waals surface area contributed by atoms with Gasteiger partial charge in [-0.15, -0.1) is 0 Å². The summed E-state index contributed by atoms with van der Waals surface area (Å²) >= 11 is 0. The van der Waals surface area contributed by atoms with Gasteiger partial charge >= 0.3 is 0 Å². The van der Waals surface area contributed by atoms with Gasteiger partial charge in [-0.25, -0.2) is 8.78 Å². The van der Waals surface area contributed by atoms with E-state index in [9.17, 15) is 14.0 Å². The Bertz CT molecular complexity index is 1790. The van der Waals surface area contributed by atoms with Gasteiger partial charge in [0.25, 0.3) is 0 Å². The average molecular weight is 601 g/mol. The number of benzene rings is 3. The molecule has 44 heavy (non-hydrogen) atoms. The Morgan fingerprint density at radius 1 is 0.909 bits per heavy atom. The molecule has 224 valence electrons. The largest absolute Gasteiger partial charge is 0.489 e. The number of ether oxygens (including phenoxy) is 4. The summed E-state index contributed by atoms with van der Waals surface area (Å²) in [6, 6.07) is 14.5. The van der Waals surface area contributed by atoms with Crippen LogP contribution in [0.5, 0.6) is 28.7 Å². The van der Waals surface area contributed by atoms with Gasteiger partial charge in [0.2, 0.25) is 17.6 Å². The van der Waals surface area contributed by atoms with E-state index in [-0.39, 0.29) is 23.8 Å². The number of hydrogen-bond donors (Lipinski definition) is 2. The van der Waals surface area contributed by atoms with Crippen LogP contribution in [0.25, 0.3) is 10.9 Å². The van der Waals surface area contributed by atoms with Crippen molar-refractivity contribution in [3.8, 4) is 34.8 Å². The normalized spacial score (nSPS) is 14.3.